The fourth-order valence-corrected chi connectivity index (χ4v) is 4.91. The molecule has 0 spiro atoms. The van der Waals surface area contributed by atoms with E-state index in [0.717, 1.165) is 28.1 Å². The van der Waals surface area contributed by atoms with Gasteiger partial charge in [-0.2, -0.15) is 0 Å². The zero-order valence-electron chi connectivity index (χ0n) is 13.9. The van der Waals surface area contributed by atoms with Crippen molar-refractivity contribution in [2.24, 2.45) is 5.14 Å². The van der Waals surface area contributed by atoms with Gasteiger partial charge in [-0.3, -0.25) is 9.35 Å². The SMILES string of the molecule is COc1cccc(-c2ccc(-c3cn4nc([SH](N)(=O)P)sc4n3)cc2)c1. The van der Waals surface area contributed by atoms with Crippen LogP contribution in [0.3, 0.4) is 0 Å². The number of rotatable bonds is 4. The molecule has 6 nitrogen and oxygen atoms in total. The zero-order valence-corrected chi connectivity index (χ0v) is 16.7. The van der Waals surface area contributed by atoms with Crippen LogP contribution in [0, 0.1) is 0 Å². The van der Waals surface area contributed by atoms with Crippen molar-refractivity contribution in [3.63, 3.8) is 0 Å². The maximum absolute atomic E-state index is 11.9. The largest absolute Gasteiger partial charge is 0.497 e. The molecule has 0 aliphatic carbocycles. The van der Waals surface area contributed by atoms with Crippen LogP contribution in [-0.4, -0.2) is 25.9 Å². The van der Waals surface area contributed by atoms with Crippen molar-refractivity contribution < 1.29 is 8.95 Å². The summed E-state index contributed by atoms with van der Waals surface area (Å²) in [6.45, 7) is 0. The van der Waals surface area contributed by atoms with E-state index in [0.29, 0.717) is 9.30 Å². The lowest BCUT2D eigenvalue weighted by molar-refractivity contribution is 0.415. The number of nitrogens with two attached hydrogens (primary N) is 1. The summed E-state index contributed by atoms with van der Waals surface area (Å²) in [4.78, 5) is 5.23. The second kappa shape index (κ2) is 6.55. The molecule has 0 bridgehead atoms. The van der Waals surface area contributed by atoms with Gasteiger partial charge in [0.1, 0.15) is 5.75 Å². The molecular weight excluding hydrogens is 387 g/mol. The van der Waals surface area contributed by atoms with E-state index in [9.17, 15) is 4.21 Å². The van der Waals surface area contributed by atoms with Gasteiger partial charge in [0, 0.05) is 15.3 Å². The Hall–Kier alpha value is -2.12. The van der Waals surface area contributed by atoms with Crippen LogP contribution in [-0.2, 0) is 9.74 Å². The van der Waals surface area contributed by atoms with Crippen molar-refractivity contribution in [1.82, 2.24) is 14.6 Å². The summed E-state index contributed by atoms with van der Waals surface area (Å²) in [6.07, 6.45) is 1.82. The number of ether oxygens (including phenoxy) is 1. The minimum absolute atomic E-state index is 0.393. The van der Waals surface area contributed by atoms with Crippen LogP contribution in [0.15, 0.2) is 59.1 Å². The molecule has 0 aliphatic rings. The van der Waals surface area contributed by atoms with Crippen LogP contribution in [0.2, 0.25) is 0 Å². The van der Waals surface area contributed by atoms with E-state index in [1.54, 1.807) is 11.6 Å². The minimum Gasteiger partial charge on any atom is -0.497 e. The Balaban J connectivity index is 1.65. The average Bonchev–Trinajstić information content (AvgIpc) is 3.21. The highest BCUT2D eigenvalue weighted by Gasteiger charge is 2.15. The molecule has 2 heterocycles. The average molecular weight is 404 g/mol. The highest BCUT2D eigenvalue weighted by Crippen LogP contribution is 2.30. The molecular formula is C17H17N4O2PS2. The standard InChI is InChI=1S/C17H17N4O2PS2/c1-23-14-4-2-3-13(9-14)11-5-7-12(8-6-11)15-10-21-16(19-15)25-17(20-21)26(18,22)24/h2-10,26H,24H2,1H3,(H2,18,22). The highest BCUT2D eigenvalue weighted by atomic mass is 32.8. The Morgan fingerprint density at radius 1 is 1.15 bits per heavy atom. The van der Waals surface area contributed by atoms with Crippen molar-refractivity contribution in [2.45, 2.75) is 4.34 Å². The van der Waals surface area contributed by atoms with E-state index < -0.39 is 9.74 Å². The first-order chi connectivity index (χ1) is 12.4. The molecule has 4 rings (SSSR count). The summed E-state index contributed by atoms with van der Waals surface area (Å²) in [5.74, 6) is 0.828. The van der Waals surface area contributed by atoms with Gasteiger partial charge in [-0.25, -0.2) is 9.50 Å². The Bertz CT molecular complexity index is 1100. The molecule has 0 amide bonds. The van der Waals surface area contributed by atoms with Gasteiger partial charge in [0.05, 0.1) is 19.0 Å². The number of benzene rings is 2. The third-order valence-corrected chi connectivity index (χ3v) is 7.75. The summed E-state index contributed by atoms with van der Waals surface area (Å²) < 4.78 is 19.2. The molecule has 0 saturated carbocycles. The van der Waals surface area contributed by atoms with Crippen LogP contribution in [0.1, 0.15) is 0 Å². The molecule has 1 atom stereocenters. The van der Waals surface area contributed by atoms with Gasteiger partial charge >= 0.3 is 0 Å². The number of hydrogen-bond donors (Lipinski definition) is 2. The Morgan fingerprint density at radius 3 is 2.54 bits per heavy atom. The molecule has 0 aliphatic heterocycles. The molecule has 2 aromatic carbocycles. The predicted molar refractivity (Wildman–Crippen MR) is 110 cm³/mol. The number of nitrogens with zero attached hydrogens (tertiary/aromatic N) is 3. The third kappa shape index (κ3) is 3.29. The van der Waals surface area contributed by atoms with Crippen molar-refractivity contribution in [1.29, 1.82) is 0 Å². The number of imidazole rings is 1. The van der Waals surface area contributed by atoms with E-state index in [2.05, 4.69) is 18.5 Å². The van der Waals surface area contributed by atoms with Gasteiger partial charge in [-0.15, -0.1) is 5.10 Å². The molecule has 0 fully saturated rings. The number of aromatic nitrogens is 3. The normalized spacial score (nSPS) is 12.4. The monoisotopic (exact) mass is 404 g/mol. The van der Waals surface area contributed by atoms with Crippen molar-refractivity contribution in [2.75, 3.05) is 7.11 Å². The van der Waals surface area contributed by atoms with Crippen LogP contribution < -0.4 is 9.88 Å². The van der Waals surface area contributed by atoms with E-state index >= 15 is 0 Å². The summed E-state index contributed by atoms with van der Waals surface area (Å²) in [5.41, 5.74) is 3.98. The topological polar surface area (TPSA) is 82.5 Å². The van der Waals surface area contributed by atoms with Gasteiger partial charge < -0.3 is 4.74 Å². The summed E-state index contributed by atoms with van der Waals surface area (Å²) >= 11 is 1.24. The molecule has 0 radical (unpaired) electrons. The molecule has 134 valence electrons. The van der Waals surface area contributed by atoms with Crippen LogP contribution in [0.25, 0.3) is 27.3 Å². The first kappa shape index (κ1) is 17.3. The van der Waals surface area contributed by atoms with Crippen molar-refractivity contribution >= 4 is 34.5 Å². The summed E-state index contributed by atoms with van der Waals surface area (Å²) in [5, 5.41) is 9.90. The molecule has 9 heteroatoms. The van der Waals surface area contributed by atoms with Gasteiger partial charge in [-0.05, 0) is 31.7 Å². The van der Waals surface area contributed by atoms with E-state index in [-0.39, 0.29) is 0 Å². The molecule has 0 saturated heterocycles. The minimum atomic E-state index is -2.94. The molecule has 1 unspecified atom stereocenters. The third-order valence-electron chi connectivity index (χ3n) is 3.92. The Labute approximate surface area is 157 Å². The van der Waals surface area contributed by atoms with Gasteiger partial charge in [-0.1, -0.05) is 47.7 Å². The maximum Gasteiger partial charge on any atom is 0.213 e. The summed E-state index contributed by atoms with van der Waals surface area (Å²) in [7, 11) is 0.882. The number of hydrogen-bond acceptors (Lipinski definition) is 5. The van der Waals surface area contributed by atoms with Gasteiger partial charge in [0.2, 0.25) is 4.96 Å². The smallest absolute Gasteiger partial charge is 0.213 e. The molecule has 2 aromatic heterocycles. The fraction of sp³-hybridized carbons (Fsp3) is 0.0588. The Kier molecular flexibility index (Phi) is 4.36. The van der Waals surface area contributed by atoms with E-state index in [4.69, 9.17) is 9.88 Å². The number of thiol groups is 1. The van der Waals surface area contributed by atoms with E-state index in [1.165, 1.54) is 11.3 Å². The Morgan fingerprint density at radius 2 is 1.88 bits per heavy atom. The van der Waals surface area contributed by atoms with Crippen LogP contribution in [0.4, 0.5) is 0 Å². The zero-order chi connectivity index (χ0) is 18.3. The van der Waals surface area contributed by atoms with E-state index in [1.807, 2.05) is 54.7 Å². The fourth-order valence-electron chi connectivity index (χ4n) is 2.61. The second-order valence-electron chi connectivity index (χ2n) is 5.76. The number of fused-ring (bicyclic) bond motifs is 1. The molecule has 26 heavy (non-hydrogen) atoms. The second-order valence-corrected chi connectivity index (χ2v) is 11.2. The summed E-state index contributed by atoms with van der Waals surface area (Å²) in [6, 6.07) is 16.1. The number of methoxy groups -OCH3 is 1. The predicted octanol–water partition coefficient (Wildman–Crippen LogP) is 3.17. The van der Waals surface area contributed by atoms with Gasteiger partial charge in [0.15, 0.2) is 4.34 Å². The molecule has 2 N–H and O–H groups in total. The highest BCUT2D eigenvalue weighted by molar-refractivity contribution is 8.44. The van der Waals surface area contributed by atoms with Crippen molar-refractivity contribution in [3.8, 4) is 28.1 Å². The lowest BCUT2D eigenvalue weighted by Gasteiger charge is -2.06. The van der Waals surface area contributed by atoms with Crippen LogP contribution >= 0.6 is 19.8 Å². The van der Waals surface area contributed by atoms with Gasteiger partial charge in [0.25, 0.3) is 0 Å². The quantitative estimate of drug-likeness (QED) is 0.404. The lowest BCUT2D eigenvalue weighted by atomic mass is 10.0. The first-order valence-electron chi connectivity index (χ1n) is 7.73. The van der Waals surface area contributed by atoms with Crippen LogP contribution in [0.5, 0.6) is 5.75 Å². The first-order valence-corrected chi connectivity index (χ1v) is 11.9. The molecule has 4 aromatic rings. The lowest BCUT2D eigenvalue weighted by Crippen LogP contribution is -2.14. The maximum atomic E-state index is 11.9. The van der Waals surface area contributed by atoms with Crippen molar-refractivity contribution in [3.05, 3.63) is 54.7 Å².